The highest BCUT2D eigenvalue weighted by atomic mass is 32.2. The van der Waals surface area contributed by atoms with Gasteiger partial charge in [-0.25, -0.2) is 16.8 Å². The van der Waals surface area contributed by atoms with Gasteiger partial charge in [0.2, 0.25) is 0 Å². The molecule has 2 aromatic rings. The lowest BCUT2D eigenvalue weighted by atomic mass is 10.0. The number of para-hydroxylation sites is 1. The molecule has 2 heterocycles. The summed E-state index contributed by atoms with van der Waals surface area (Å²) in [4.78, 5) is 4.54. The van der Waals surface area contributed by atoms with E-state index in [1.807, 2.05) is 30.3 Å². The lowest BCUT2D eigenvalue weighted by Gasteiger charge is -2.40. The van der Waals surface area contributed by atoms with Crippen molar-refractivity contribution in [1.82, 2.24) is 4.90 Å². The van der Waals surface area contributed by atoms with Crippen LogP contribution in [0.25, 0.3) is 0 Å². The Kier molecular flexibility index (Phi) is 6.16. The third-order valence-corrected chi connectivity index (χ3v) is 10.6. The van der Waals surface area contributed by atoms with E-state index in [0.717, 1.165) is 24.3 Å². The summed E-state index contributed by atoms with van der Waals surface area (Å²) in [6.45, 7) is 6.89. The van der Waals surface area contributed by atoms with Crippen molar-refractivity contribution in [3.05, 3.63) is 60.2 Å². The number of anilines is 1. The highest BCUT2D eigenvalue weighted by molar-refractivity contribution is 7.96. The predicted octanol–water partition coefficient (Wildman–Crippen LogP) is 2.57. The van der Waals surface area contributed by atoms with Crippen LogP contribution in [0.3, 0.4) is 0 Å². The maximum atomic E-state index is 13.4. The molecular formula is C23H30N2O4S2. The molecule has 2 aliphatic heterocycles. The van der Waals surface area contributed by atoms with E-state index in [9.17, 15) is 16.8 Å². The first kappa shape index (κ1) is 22.3. The van der Waals surface area contributed by atoms with Gasteiger partial charge in [0.25, 0.3) is 0 Å². The summed E-state index contributed by atoms with van der Waals surface area (Å²) in [6.07, 6.45) is 0. The molecule has 0 spiro atoms. The van der Waals surface area contributed by atoms with Crippen molar-refractivity contribution in [2.45, 2.75) is 36.0 Å². The molecule has 2 atom stereocenters. The summed E-state index contributed by atoms with van der Waals surface area (Å²) in [6, 6.07) is 16.5. The van der Waals surface area contributed by atoms with E-state index in [1.165, 1.54) is 0 Å². The van der Waals surface area contributed by atoms with Crippen LogP contribution >= 0.6 is 0 Å². The molecule has 8 heteroatoms. The van der Waals surface area contributed by atoms with Crippen molar-refractivity contribution in [1.29, 1.82) is 0 Å². The molecule has 0 amide bonds. The average molecular weight is 463 g/mol. The third-order valence-electron chi connectivity index (χ3n) is 6.45. The van der Waals surface area contributed by atoms with Crippen LogP contribution in [0.1, 0.15) is 25.3 Å². The Morgan fingerprint density at radius 2 is 1.48 bits per heavy atom. The number of hydrogen-bond acceptors (Lipinski definition) is 6. The Bertz CT molecular complexity index is 1110. The van der Waals surface area contributed by atoms with Gasteiger partial charge in [-0.15, -0.1) is 0 Å². The summed E-state index contributed by atoms with van der Waals surface area (Å²) in [5, 5.41) is -0.925. The second-order valence-corrected chi connectivity index (χ2v) is 13.1. The van der Waals surface area contributed by atoms with Gasteiger partial charge in [0.15, 0.2) is 19.7 Å². The number of piperazine rings is 1. The molecule has 6 nitrogen and oxygen atoms in total. The quantitative estimate of drug-likeness (QED) is 0.680. The zero-order valence-electron chi connectivity index (χ0n) is 18.0. The number of benzene rings is 2. The van der Waals surface area contributed by atoms with Crippen molar-refractivity contribution in [3.63, 3.8) is 0 Å². The third kappa shape index (κ3) is 4.66. The van der Waals surface area contributed by atoms with Crippen LogP contribution in [0.15, 0.2) is 59.5 Å². The van der Waals surface area contributed by atoms with Gasteiger partial charge in [-0.05, 0) is 35.7 Å². The molecule has 2 fully saturated rings. The van der Waals surface area contributed by atoms with Crippen LogP contribution in [0.5, 0.6) is 0 Å². The molecule has 0 unspecified atom stereocenters. The van der Waals surface area contributed by atoms with Crippen molar-refractivity contribution in [2.24, 2.45) is 0 Å². The van der Waals surface area contributed by atoms with Crippen molar-refractivity contribution < 1.29 is 16.8 Å². The molecule has 168 valence electrons. The Hall–Kier alpha value is -1.90. The molecule has 0 radical (unpaired) electrons. The fourth-order valence-electron chi connectivity index (χ4n) is 4.60. The second-order valence-electron chi connectivity index (χ2n) is 8.81. The van der Waals surface area contributed by atoms with Gasteiger partial charge in [0, 0.05) is 37.9 Å². The minimum Gasteiger partial charge on any atom is -0.369 e. The van der Waals surface area contributed by atoms with E-state index in [0.29, 0.717) is 19.0 Å². The Balaban J connectivity index is 1.54. The van der Waals surface area contributed by atoms with E-state index in [1.54, 1.807) is 12.1 Å². The average Bonchev–Trinajstić information content (AvgIpc) is 3.11. The standard InChI is InChI=1S/C23H30N2O4S2/c1-18(2)19-8-10-21(11-9-19)31(28,29)23-17-30(26,27)16-22(23)25-14-12-24(13-15-25)20-6-4-3-5-7-20/h3-11,18,22-23H,12-17H2,1-2H3/t22-,23-/m0/s1. The van der Waals surface area contributed by atoms with Crippen molar-refractivity contribution in [3.8, 4) is 0 Å². The Morgan fingerprint density at radius 1 is 0.871 bits per heavy atom. The van der Waals surface area contributed by atoms with Gasteiger partial charge in [0.05, 0.1) is 21.7 Å². The van der Waals surface area contributed by atoms with Crippen LogP contribution in [-0.4, -0.2) is 70.7 Å². The highest BCUT2D eigenvalue weighted by Gasteiger charge is 2.48. The van der Waals surface area contributed by atoms with Crippen LogP contribution in [0.4, 0.5) is 5.69 Å². The highest BCUT2D eigenvalue weighted by Crippen LogP contribution is 2.31. The molecule has 0 aromatic heterocycles. The number of rotatable bonds is 5. The van der Waals surface area contributed by atoms with Gasteiger partial charge < -0.3 is 4.90 Å². The zero-order chi connectivity index (χ0) is 22.2. The fourth-order valence-corrected chi connectivity index (χ4v) is 9.43. The van der Waals surface area contributed by atoms with Gasteiger partial charge in [0.1, 0.15) is 0 Å². The monoisotopic (exact) mass is 462 g/mol. The predicted molar refractivity (Wildman–Crippen MR) is 124 cm³/mol. The zero-order valence-corrected chi connectivity index (χ0v) is 19.6. The summed E-state index contributed by atoms with van der Waals surface area (Å²) in [5.41, 5.74) is 2.20. The van der Waals surface area contributed by atoms with E-state index < -0.39 is 31.0 Å². The van der Waals surface area contributed by atoms with Crippen LogP contribution in [0, 0.1) is 0 Å². The Labute approximate surface area is 185 Å². The minimum atomic E-state index is -3.75. The van der Waals surface area contributed by atoms with E-state index in [4.69, 9.17) is 0 Å². The summed E-state index contributed by atoms with van der Waals surface area (Å²) < 4.78 is 51.9. The second kappa shape index (κ2) is 8.56. The van der Waals surface area contributed by atoms with E-state index in [-0.39, 0.29) is 16.4 Å². The normalized spacial score (nSPS) is 24.5. The van der Waals surface area contributed by atoms with Crippen LogP contribution in [0.2, 0.25) is 0 Å². The minimum absolute atomic E-state index is 0.0910. The molecule has 0 N–H and O–H groups in total. The molecule has 0 bridgehead atoms. The lowest BCUT2D eigenvalue weighted by molar-refractivity contribution is 0.201. The van der Waals surface area contributed by atoms with E-state index >= 15 is 0 Å². The molecule has 0 aliphatic carbocycles. The summed E-state index contributed by atoms with van der Waals surface area (Å²) >= 11 is 0. The first-order chi connectivity index (χ1) is 14.7. The largest absolute Gasteiger partial charge is 0.369 e. The number of nitrogens with zero attached hydrogens (tertiary/aromatic N) is 2. The molecule has 4 rings (SSSR count). The van der Waals surface area contributed by atoms with Gasteiger partial charge in [-0.3, -0.25) is 4.90 Å². The van der Waals surface area contributed by atoms with Crippen LogP contribution in [-0.2, 0) is 19.7 Å². The topological polar surface area (TPSA) is 74.8 Å². The van der Waals surface area contributed by atoms with Crippen LogP contribution < -0.4 is 4.90 Å². The maximum absolute atomic E-state index is 13.4. The number of sulfone groups is 2. The van der Waals surface area contributed by atoms with Crippen molar-refractivity contribution in [2.75, 3.05) is 42.6 Å². The molecule has 0 saturated carbocycles. The van der Waals surface area contributed by atoms with E-state index in [2.05, 4.69) is 35.8 Å². The smallest absolute Gasteiger partial charge is 0.183 e. The fraction of sp³-hybridized carbons (Fsp3) is 0.478. The first-order valence-corrected chi connectivity index (χ1v) is 14.1. The molecule has 31 heavy (non-hydrogen) atoms. The van der Waals surface area contributed by atoms with Gasteiger partial charge in [-0.2, -0.15) is 0 Å². The van der Waals surface area contributed by atoms with Crippen molar-refractivity contribution >= 4 is 25.4 Å². The maximum Gasteiger partial charge on any atom is 0.183 e. The molecule has 2 aliphatic rings. The SMILES string of the molecule is CC(C)c1ccc(S(=O)(=O)[C@H]2CS(=O)(=O)C[C@@H]2N2CCN(c3ccccc3)CC2)cc1. The molecular weight excluding hydrogens is 432 g/mol. The first-order valence-electron chi connectivity index (χ1n) is 10.8. The molecule has 2 saturated heterocycles. The van der Waals surface area contributed by atoms with Gasteiger partial charge >= 0.3 is 0 Å². The lowest BCUT2D eigenvalue weighted by Crippen LogP contribution is -2.55. The Morgan fingerprint density at radius 3 is 2.06 bits per heavy atom. The van der Waals surface area contributed by atoms with Gasteiger partial charge in [-0.1, -0.05) is 44.2 Å². The number of hydrogen-bond donors (Lipinski definition) is 0. The summed E-state index contributed by atoms with van der Waals surface area (Å²) in [5.74, 6) is -0.0887. The summed E-state index contributed by atoms with van der Waals surface area (Å²) in [7, 11) is -7.16. The molecule has 2 aromatic carbocycles.